The molecule has 1 fully saturated rings. The van der Waals surface area contributed by atoms with E-state index in [2.05, 4.69) is 5.32 Å². The van der Waals surface area contributed by atoms with Gasteiger partial charge < -0.3 is 10.1 Å². The second-order valence-electron chi connectivity index (χ2n) is 7.93. The molecule has 34 heavy (non-hydrogen) atoms. The third-order valence-corrected chi connectivity index (χ3v) is 8.83. The van der Waals surface area contributed by atoms with Crippen LogP contribution >= 0.6 is 11.6 Å². The van der Waals surface area contributed by atoms with Crippen LogP contribution < -0.4 is 14.4 Å². The highest BCUT2D eigenvalue weighted by molar-refractivity contribution is 7.92. The molecule has 1 aliphatic heterocycles. The molecule has 0 aliphatic carbocycles. The van der Waals surface area contributed by atoms with Crippen molar-refractivity contribution in [3.63, 3.8) is 0 Å². The van der Waals surface area contributed by atoms with E-state index in [1.807, 2.05) is 0 Å². The van der Waals surface area contributed by atoms with E-state index < -0.39 is 32.0 Å². The average molecular weight is 530 g/mol. The predicted octanol–water partition coefficient (Wildman–Crippen LogP) is 3.32. The van der Waals surface area contributed by atoms with Crippen molar-refractivity contribution in [1.82, 2.24) is 4.31 Å². The Morgan fingerprint density at radius 3 is 2.38 bits per heavy atom. The van der Waals surface area contributed by atoms with E-state index in [1.165, 1.54) is 35.7 Å². The Labute approximate surface area is 205 Å². The Hall–Kier alpha value is -2.34. The molecule has 2 aromatic rings. The number of benzene rings is 2. The maximum absolute atomic E-state index is 13.3. The van der Waals surface area contributed by atoms with E-state index in [4.69, 9.17) is 16.3 Å². The lowest BCUT2D eigenvalue weighted by Gasteiger charge is -2.30. The number of nitrogens with zero attached hydrogens (tertiary/aromatic N) is 2. The number of sulfonamides is 2. The van der Waals surface area contributed by atoms with Crippen molar-refractivity contribution in [3.05, 3.63) is 47.5 Å². The summed E-state index contributed by atoms with van der Waals surface area (Å²) in [6.45, 7) is 2.56. The quantitative estimate of drug-likeness (QED) is 0.533. The monoisotopic (exact) mass is 529 g/mol. The molecule has 0 radical (unpaired) electrons. The predicted molar refractivity (Wildman–Crippen MR) is 132 cm³/mol. The van der Waals surface area contributed by atoms with E-state index in [0.29, 0.717) is 18.1 Å². The van der Waals surface area contributed by atoms with Crippen molar-refractivity contribution in [2.75, 3.05) is 36.1 Å². The van der Waals surface area contributed by atoms with Gasteiger partial charge in [-0.05, 0) is 55.7 Å². The summed E-state index contributed by atoms with van der Waals surface area (Å²) in [7, 11) is -6.20. The number of carbonyl (C=O) groups is 1. The normalized spacial score (nSPS) is 15.6. The van der Waals surface area contributed by atoms with Gasteiger partial charge in [0.05, 0.1) is 29.6 Å². The summed E-state index contributed by atoms with van der Waals surface area (Å²) < 4.78 is 59.0. The highest BCUT2D eigenvalue weighted by atomic mass is 35.5. The summed E-state index contributed by atoms with van der Waals surface area (Å²) in [5.41, 5.74) is 0.375. The smallest absolute Gasteiger partial charge is 0.248 e. The van der Waals surface area contributed by atoms with Gasteiger partial charge in [0.15, 0.2) is 0 Å². The van der Waals surface area contributed by atoms with Gasteiger partial charge in [-0.1, -0.05) is 24.6 Å². The summed E-state index contributed by atoms with van der Waals surface area (Å²) in [5, 5.41) is 2.99. The maximum atomic E-state index is 13.3. The van der Waals surface area contributed by atoms with Crippen molar-refractivity contribution in [1.29, 1.82) is 0 Å². The molecular formula is C22H28ClN3O6S2. The number of halogens is 1. The zero-order valence-corrected chi connectivity index (χ0v) is 21.6. The van der Waals surface area contributed by atoms with Crippen LogP contribution in [-0.2, 0) is 24.8 Å². The minimum atomic E-state index is -3.86. The molecule has 1 aliphatic rings. The molecular weight excluding hydrogens is 502 g/mol. The SMILES string of the molecule is CC[C@H](C(=O)Nc1cc(S(=O)(=O)N2CCCC2)ccc1OC)N(c1cccc(Cl)c1)S(C)(=O)=O. The largest absolute Gasteiger partial charge is 0.495 e. The second-order valence-corrected chi connectivity index (χ2v) is 12.2. The van der Waals surface area contributed by atoms with Gasteiger partial charge in [-0.3, -0.25) is 9.10 Å². The summed E-state index contributed by atoms with van der Waals surface area (Å²) >= 11 is 6.05. The van der Waals surface area contributed by atoms with Crippen LogP contribution in [0.5, 0.6) is 5.75 Å². The molecule has 0 bridgehead atoms. The van der Waals surface area contributed by atoms with E-state index in [1.54, 1.807) is 25.1 Å². The number of anilines is 2. The van der Waals surface area contributed by atoms with Gasteiger partial charge in [0.2, 0.25) is 26.0 Å². The van der Waals surface area contributed by atoms with Gasteiger partial charge in [0.1, 0.15) is 11.8 Å². The Balaban J connectivity index is 1.97. The third-order valence-electron chi connectivity index (χ3n) is 5.52. The van der Waals surface area contributed by atoms with Crippen LogP contribution in [0.4, 0.5) is 11.4 Å². The highest BCUT2D eigenvalue weighted by Crippen LogP contribution is 2.31. The molecule has 0 aromatic heterocycles. The van der Waals surface area contributed by atoms with Crippen molar-refractivity contribution in [2.45, 2.75) is 37.1 Å². The Morgan fingerprint density at radius 2 is 1.82 bits per heavy atom. The summed E-state index contributed by atoms with van der Waals surface area (Å²) in [6, 6.07) is 9.31. The number of amides is 1. The van der Waals surface area contributed by atoms with Crippen LogP contribution in [0.3, 0.4) is 0 Å². The summed E-state index contributed by atoms with van der Waals surface area (Å²) in [4.78, 5) is 13.3. The molecule has 2 aromatic carbocycles. The molecule has 186 valence electrons. The van der Waals surface area contributed by atoms with Crippen LogP contribution in [0.15, 0.2) is 47.4 Å². The minimum absolute atomic E-state index is 0.0216. The van der Waals surface area contributed by atoms with Gasteiger partial charge in [0.25, 0.3) is 0 Å². The molecule has 1 amide bonds. The van der Waals surface area contributed by atoms with Crippen molar-refractivity contribution in [2.24, 2.45) is 0 Å². The van der Waals surface area contributed by atoms with Crippen molar-refractivity contribution >= 4 is 48.9 Å². The standard InChI is InChI=1S/C22H28ClN3O6S2/c1-4-20(26(33(3,28)29)17-9-7-8-16(23)14-17)22(27)24-19-15-18(10-11-21(19)32-2)34(30,31)25-12-5-6-13-25/h7-11,14-15,20H,4-6,12-13H2,1-3H3,(H,24,27)/t20-/m1/s1. The van der Waals surface area contributed by atoms with Gasteiger partial charge in [0, 0.05) is 18.1 Å². The molecule has 1 saturated heterocycles. The van der Waals surface area contributed by atoms with Crippen molar-refractivity contribution in [3.8, 4) is 5.75 Å². The zero-order valence-electron chi connectivity index (χ0n) is 19.2. The fourth-order valence-electron chi connectivity index (χ4n) is 3.91. The number of hydrogen-bond acceptors (Lipinski definition) is 6. The number of methoxy groups -OCH3 is 1. The molecule has 3 rings (SSSR count). The Morgan fingerprint density at radius 1 is 1.15 bits per heavy atom. The van der Waals surface area contributed by atoms with E-state index in [-0.39, 0.29) is 28.4 Å². The molecule has 0 saturated carbocycles. The van der Waals surface area contributed by atoms with Crippen LogP contribution in [0.1, 0.15) is 26.2 Å². The first kappa shape index (κ1) is 26.3. The first-order chi connectivity index (χ1) is 16.0. The number of rotatable bonds is 9. The first-order valence-corrected chi connectivity index (χ1v) is 14.4. The van der Waals surface area contributed by atoms with Crippen LogP contribution in [0, 0.1) is 0 Å². The van der Waals surface area contributed by atoms with Crippen LogP contribution in [-0.4, -0.2) is 59.5 Å². The van der Waals surface area contributed by atoms with Gasteiger partial charge in [-0.2, -0.15) is 4.31 Å². The lowest BCUT2D eigenvalue weighted by molar-refractivity contribution is -0.117. The Bertz CT molecular complexity index is 1260. The molecule has 0 spiro atoms. The topological polar surface area (TPSA) is 113 Å². The minimum Gasteiger partial charge on any atom is -0.495 e. The first-order valence-electron chi connectivity index (χ1n) is 10.7. The number of hydrogen-bond donors (Lipinski definition) is 1. The van der Waals surface area contributed by atoms with Gasteiger partial charge in [-0.25, -0.2) is 16.8 Å². The average Bonchev–Trinajstić information content (AvgIpc) is 3.32. The van der Waals surface area contributed by atoms with E-state index in [9.17, 15) is 21.6 Å². The molecule has 1 atom stereocenters. The second kappa shape index (κ2) is 10.5. The molecule has 1 N–H and O–H groups in total. The van der Waals surface area contributed by atoms with E-state index in [0.717, 1.165) is 23.4 Å². The van der Waals surface area contributed by atoms with Crippen LogP contribution in [0.2, 0.25) is 5.02 Å². The molecule has 0 unspecified atom stereocenters. The summed E-state index contributed by atoms with van der Waals surface area (Å²) in [6.07, 6.45) is 2.75. The summed E-state index contributed by atoms with van der Waals surface area (Å²) in [5.74, 6) is -0.390. The lowest BCUT2D eigenvalue weighted by atomic mass is 10.1. The lowest BCUT2D eigenvalue weighted by Crippen LogP contribution is -2.47. The third kappa shape index (κ3) is 5.65. The zero-order chi connectivity index (χ0) is 25.1. The molecule has 9 nitrogen and oxygen atoms in total. The van der Waals surface area contributed by atoms with Crippen molar-refractivity contribution < 1.29 is 26.4 Å². The maximum Gasteiger partial charge on any atom is 0.248 e. The Kier molecular flexibility index (Phi) is 8.12. The number of nitrogens with one attached hydrogen (secondary N) is 1. The fraction of sp³-hybridized carbons (Fsp3) is 0.409. The van der Waals surface area contributed by atoms with Gasteiger partial charge in [-0.15, -0.1) is 0 Å². The van der Waals surface area contributed by atoms with Crippen LogP contribution in [0.25, 0.3) is 0 Å². The van der Waals surface area contributed by atoms with E-state index >= 15 is 0 Å². The van der Waals surface area contributed by atoms with Gasteiger partial charge >= 0.3 is 0 Å². The molecule has 12 heteroatoms. The number of ether oxygens (including phenoxy) is 1. The number of carbonyl (C=O) groups excluding carboxylic acids is 1. The molecule has 1 heterocycles. The fourth-order valence-corrected chi connectivity index (χ4v) is 6.84. The highest BCUT2D eigenvalue weighted by Gasteiger charge is 2.33.